The van der Waals surface area contributed by atoms with Crippen molar-refractivity contribution >= 4 is 29.6 Å². The summed E-state index contributed by atoms with van der Waals surface area (Å²) in [5.74, 6) is -0.636. The molecule has 5 aromatic rings. The molecule has 6 rings (SSSR count). The molecular formula is C30H27N9O5. The van der Waals surface area contributed by atoms with Gasteiger partial charge in [-0.05, 0) is 59.1 Å². The van der Waals surface area contributed by atoms with Crippen molar-refractivity contribution in [2.75, 3.05) is 24.3 Å². The molecule has 0 bridgehead atoms. The van der Waals surface area contributed by atoms with Gasteiger partial charge in [-0.15, -0.1) is 5.10 Å². The zero-order valence-electron chi connectivity index (χ0n) is 23.6. The van der Waals surface area contributed by atoms with Gasteiger partial charge in [0.25, 0.3) is 5.91 Å². The monoisotopic (exact) mass is 593 g/mol. The standard InChI is InChI=1S/C30H27N9O5/c1-42-24-15-7-12-21(26(24)43-30(41)20-10-3-2-4-11-20)17-32-34-29(40)25-23(39(37-33-25)28-27(31)35-44-36-28)18-38-16-8-13-19-9-5-6-14-22(19)38/h2-7,9-12,14-15,17H,8,13,16,18H2,1H3,(H2,31,35)(H,34,40). The minimum atomic E-state index is -0.631. The van der Waals surface area contributed by atoms with Crippen molar-refractivity contribution in [2.45, 2.75) is 19.4 Å². The molecule has 1 aliphatic heterocycles. The van der Waals surface area contributed by atoms with Crippen LogP contribution in [0.3, 0.4) is 0 Å². The third kappa shape index (κ3) is 5.68. The van der Waals surface area contributed by atoms with E-state index in [0.29, 0.717) is 22.6 Å². The van der Waals surface area contributed by atoms with E-state index >= 15 is 0 Å². The summed E-state index contributed by atoms with van der Waals surface area (Å²) in [7, 11) is 1.46. The van der Waals surface area contributed by atoms with E-state index < -0.39 is 11.9 Å². The summed E-state index contributed by atoms with van der Waals surface area (Å²) in [6, 6.07) is 21.7. The highest BCUT2D eigenvalue weighted by atomic mass is 16.6. The van der Waals surface area contributed by atoms with Crippen LogP contribution in [0.2, 0.25) is 0 Å². The van der Waals surface area contributed by atoms with Crippen molar-refractivity contribution in [1.29, 1.82) is 0 Å². The van der Waals surface area contributed by atoms with Gasteiger partial charge in [-0.3, -0.25) is 4.79 Å². The van der Waals surface area contributed by atoms with Crippen LogP contribution in [0.1, 0.15) is 44.1 Å². The summed E-state index contributed by atoms with van der Waals surface area (Å²) in [5.41, 5.74) is 11.9. The predicted octanol–water partition coefficient (Wildman–Crippen LogP) is 3.18. The Hall–Kier alpha value is -6.05. The second kappa shape index (κ2) is 12.4. The van der Waals surface area contributed by atoms with Gasteiger partial charge in [0, 0.05) is 17.8 Å². The number of aryl methyl sites for hydroxylation is 1. The number of anilines is 2. The molecule has 3 heterocycles. The number of esters is 1. The van der Waals surface area contributed by atoms with Crippen molar-refractivity contribution in [1.82, 2.24) is 30.7 Å². The maximum absolute atomic E-state index is 13.4. The molecule has 44 heavy (non-hydrogen) atoms. The van der Waals surface area contributed by atoms with Gasteiger partial charge < -0.3 is 20.1 Å². The van der Waals surface area contributed by atoms with E-state index in [1.807, 2.05) is 18.2 Å². The number of nitrogens with zero attached hydrogens (tertiary/aromatic N) is 7. The van der Waals surface area contributed by atoms with Crippen LogP contribution in [-0.4, -0.2) is 57.1 Å². The van der Waals surface area contributed by atoms with Crippen molar-refractivity contribution in [3.05, 3.63) is 101 Å². The van der Waals surface area contributed by atoms with E-state index in [1.165, 1.54) is 23.6 Å². The van der Waals surface area contributed by atoms with Gasteiger partial charge in [0.1, 0.15) is 0 Å². The van der Waals surface area contributed by atoms with Crippen LogP contribution in [0, 0.1) is 0 Å². The number of nitrogens with two attached hydrogens (primary N) is 1. The lowest BCUT2D eigenvalue weighted by molar-refractivity contribution is 0.0729. The number of carbonyl (C=O) groups excluding carboxylic acids is 2. The SMILES string of the molecule is COc1cccc(C=NNC(=O)c2nnn(-c3nonc3N)c2CN2CCCc3ccccc32)c1OC(=O)c1ccccc1. The fourth-order valence-corrected chi connectivity index (χ4v) is 4.93. The van der Waals surface area contributed by atoms with Crippen molar-refractivity contribution < 1.29 is 23.7 Å². The number of nitrogen functional groups attached to an aromatic ring is 1. The Morgan fingerprint density at radius 3 is 2.68 bits per heavy atom. The average Bonchev–Trinajstić information content (AvgIpc) is 3.67. The molecular weight excluding hydrogens is 566 g/mol. The number of rotatable bonds is 9. The van der Waals surface area contributed by atoms with Crippen molar-refractivity contribution in [3.63, 3.8) is 0 Å². The zero-order valence-corrected chi connectivity index (χ0v) is 23.6. The van der Waals surface area contributed by atoms with E-state index in [2.05, 4.69) is 42.1 Å². The van der Waals surface area contributed by atoms with Crippen LogP contribution in [-0.2, 0) is 13.0 Å². The summed E-state index contributed by atoms with van der Waals surface area (Å²) < 4.78 is 17.2. The first-order chi connectivity index (χ1) is 21.5. The van der Waals surface area contributed by atoms with Crippen LogP contribution in [0.15, 0.2) is 82.5 Å². The van der Waals surface area contributed by atoms with Gasteiger partial charge in [-0.2, -0.15) is 9.78 Å². The first-order valence-corrected chi connectivity index (χ1v) is 13.7. The van der Waals surface area contributed by atoms with Crippen LogP contribution >= 0.6 is 0 Å². The number of hydrazone groups is 1. The topological polar surface area (TPSA) is 176 Å². The maximum Gasteiger partial charge on any atom is 0.343 e. The Labute approximate surface area is 251 Å². The Bertz CT molecular complexity index is 1830. The van der Waals surface area contributed by atoms with Gasteiger partial charge in [0.05, 0.1) is 31.1 Å². The number of benzene rings is 3. The van der Waals surface area contributed by atoms with Gasteiger partial charge in [-0.1, -0.05) is 47.7 Å². The summed E-state index contributed by atoms with van der Waals surface area (Å²) in [5, 5.41) is 19.9. The van der Waals surface area contributed by atoms with Gasteiger partial charge in [0.2, 0.25) is 11.6 Å². The van der Waals surface area contributed by atoms with Crippen LogP contribution in [0.5, 0.6) is 11.5 Å². The molecule has 14 heteroatoms. The first-order valence-electron chi connectivity index (χ1n) is 13.7. The lowest BCUT2D eigenvalue weighted by Gasteiger charge is -2.31. The number of hydrogen-bond donors (Lipinski definition) is 2. The molecule has 14 nitrogen and oxygen atoms in total. The van der Waals surface area contributed by atoms with Gasteiger partial charge in [-0.25, -0.2) is 14.8 Å². The second-order valence-electron chi connectivity index (χ2n) is 9.76. The largest absolute Gasteiger partial charge is 0.493 e. The van der Waals surface area contributed by atoms with Gasteiger partial charge in [0.15, 0.2) is 17.2 Å². The fraction of sp³-hybridized carbons (Fsp3) is 0.167. The molecule has 0 aliphatic carbocycles. The highest BCUT2D eigenvalue weighted by molar-refractivity contribution is 5.96. The smallest absolute Gasteiger partial charge is 0.343 e. The Balaban J connectivity index is 1.27. The molecule has 222 valence electrons. The van der Waals surface area contributed by atoms with E-state index in [-0.39, 0.29) is 29.6 Å². The highest BCUT2D eigenvalue weighted by Crippen LogP contribution is 2.31. The number of hydrogen-bond acceptors (Lipinski definition) is 12. The first kappa shape index (κ1) is 28.1. The van der Waals surface area contributed by atoms with Crippen LogP contribution in [0.4, 0.5) is 11.5 Å². The number of amides is 1. The molecule has 1 amide bonds. The maximum atomic E-state index is 13.4. The predicted molar refractivity (Wildman–Crippen MR) is 159 cm³/mol. The second-order valence-corrected chi connectivity index (χ2v) is 9.76. The molecule has 0 saturated heterocycles. The fourth-order valence-electron chi connectivity index (χ4n) is 4.93. The minimum Gasteiger partial charge on any atom is -0.493 e. The molecule has 0 radical (unpaired) electrons. The van der Waals surface area contributed by atoms with Crippen LogP contribution in [0.25, 0.3) is 5.82 Å². The molecule has 3 aromatic carbocycles. The third-order valence-corrected chi connectivity index (χ3v) is 7.02. The number of para-hydroxylation sites is 2. The highest BCUT2D eigenvalue weighted by Gasteiger charge is 2.27. The van der Waals surface area contributed by atoms with Crippen molar-refractivity contribution in [2.24, 2.45) is 5.10 Å². The number of carbonyl (C=O) groups is 2. The quantitative estimate of drug-likeness (QED) is 0.111. The Kier molecular flexibility index (Phi) is 7.94. The molecule has 3 N–H and O–H groups in total. The molecule has 0 saturated carbocycles. The lowest BCUT2D eigenvalue weighted by Crippen LogP contribution is -2.31. The summed E-state index contributed by atoms with van der Waals surface area (Å²) in [4.78, 5) is 28.3. The number of ether oxygens (including phenoxy) is 2. The van der Waals surface area contributed by atoms with Gasteiger partial charge >= 0.3 is 5.97 Å². The molecule has 0 spiro atoms. The van der Waals surface area contributed by atoms with E-state index in [0.717, 1.165) is 25.1 Å². The Morgan fingerprint density at radius 1 is 1.07 bits per heavy atom. The number of fused-ring (bicyclic) bond motifs is 1. The number of nitrogens with one attached hydrogen (secondary N) is 1. The lowest BCUT2D eigenvalue weighted by atomic mass is 10.0. The van der Waals surface area contributed by atoms with Crippen molar-refractivity contribution in [3.8, 4) is 17.3 Å². The summed E-state index contributed by atoms with van der Waals surface area (Å²) in [6.45, 7) is 1.03. The zero-order chi connectivity index (χ0) is 30.5. The normalized spacial score (nSPS) is 12.6. The molecule has 0 atom stereocenters. The molecule has 0 fully saturated rings. The molecule has 0 unspecified atom stereocenters. The van der Waals surface area contributed by atoms with E-state index in [1.54, 1.807) is 48.5 Å². The molecule has 1 aliphatic rings. The molecule has 2 aromatic heterocycles. The van der Waals surface area contributed by atoms with Crippen LogP contribution < -0.4 is 25.5 Å². The van der Waals surface area contributed by atoms with E-state index in [9.17, 15) is 9.59 Å². The van der Waals surface area contributed by atoms with E-state index in [4.69, 9.17) is 19.8 Å². The Morgan fingerprint density at radius 2 is 1.89 bits per heavy atom. The number of methoxy groups -OCH3 is 1. The average molecular weight is 594 g/mol. The summed E-state index contributed by atoms with van der Waals surface area (Å²) in [6.07, 6.45) is 3.24. The minimum absolute atomic E-state index is 0.00391. The third-order valence-electron chi connectivity index (χ3n) is 7.02. The summed E-state index contributed by atoms with van der Waals surface area (Å²) >= 11 is 0. The number of aromatic nitrogens is 5.